The highest BCUT2D eigenvalue weighted by Gasteiger charge is 2.34. The molecule has 166 valence electrons. The van der Waals surface area contributed by atoms with Crippen LogP contribution in [0.2, 0.25) is 0 Å². The van der Waals surface area contributed by atoms with Gasteiger partial charge < -0.3 is 28.6 Å². The van der Waals surface area contributed by atoms with Crippen LogP contribution in [0.3, 0.4) is 0 Å². The third kappa shape index (κ3) is 9.36. The molecule has 0 aromatic heterocycles. The molecule has 0 saturated heterocycles. The Morgan fingerprint density at radius 2 is 1.86 bits per heavy atom. The molecule has 2 rings (SSSR count). The lowest BCUT2D eigenvalue weighted by Gasteiger charge is -2.19. The van der Waals surface area contributed by atoms with Crippen molar-refractivity contribution in [1.29, 1.82) is 0 Å². The Morgan fingerprint density at radius 1 is 1.21 bits per heavy atom. The monoisotopic (exact) mass is 483 g/mol. The zero-order valence-electron chi connectivity index (χ0n) is 17.7. The quantitative estimate of drug-likeness (QED) is 0.273. The fourth-order valence-corrected chi connectivity index (χ4v) is 9.10. The van der Waals surface area contributed by atoms with Crippen LogP contribution in [0.5, 0.6) is 17.2 Å². The third-order valence-corrected chi connectivity index (χ3v) is 10.2. The molecule has 1 aromatic rings. The number of benzene rings is 1. The van der Waals surface area contributed by atoms with Gasteiger partial charge in [-0.05, 0) is 43.5 Å². The number of thioether (sulfide) groups is 1. The van der Waals surface area contributed by atoms with Gasteiger partial charge in [0, 0.05) is 26.0 Å². The molecular formula is C18H30NO6PS3. The molecule has 0 unspecified atom stereocenters. The summed E-state index contributed by atoms with van der Waals surface area (Å²) in [4.78, 5) is 11.1. The van der Waals surface area contributed by atoms with Crippen LogP contribution in [0.25, 0.3) is 0 Å². The molecule has 1 aliphatic heterocycles. The number of carbonyl (C=O) groups excluding carboxylic acids is 1. The van der Waals surface area contributed by atoms with Gasteiger partial charge in [-0.25, -0.2) is 4.79 Å². The second-order valence-electron chi connectivity index (χ2n) is 5.85. The fraction of sp³-hybridized carbons (Fsp3) is 0.611. The van der Waals surface area contributed by atoms with Crippen molar-refractivity contribution in [2.45, 2.75) is 40.4 Å². The van der Waals surface area contributed by atoms with E-state index >= 15 is 0 Å². The van der Waals surface area contributed by atoms with Gasteiger partial charge in [0.05, 0.1) is 13.2 Å². The van der Waals surface area contributed by atoms with Gasteiger partial charge in [-0.1, -0.05) is 24.4 Å². The number of ether oxygens (including phenoxy) is 3. The molecule has 0 bridgehead atoms. The summed E-state index contributed by atoms with van der Waals surface area (Å²) in [5.41, 5.74) is -2.02. The van der Waals surface area contributed by atoms with Gasteiger partial charge in [0.25, 0.3) is 0 Å². The largest absolute Gasteiger partial charge is 0.449 e. The van der Waals surface area contributed by atoms with E-state index in [0.29, 0.717) is 30.5 Å². The van der Waals surface area contributed by atoms with Crippen LogP contribution in [-0.2, 0) is 20.9 Å². The van der Waals surface area contributed by atoms with Gasteiger partial charge in [0.1, 0.15) is 0 Å². The average Bonchev–Trinajstić information content (AvgIpc) is 2.98. The molecule has 7 nitrogen and oxygen atoms in total. The molecule has 29 heavy (non-hydrogen) atoms. The highest BCUT2D eigenvalue weighted by atomic mass is 32.9. The average molecular weight is 484 g/mol. The van der Waals surface area contributed by atoms with E-state index in [-0.39, 0.29) is 0 Å². The fourth-order valence-electron chi connectivity index (χ4n) is 2.05. The summed E-state index contributed by atoms with van der Waals surface area (Å²) in [5, 5.41) is 3.33. The molecule has 1 amide bonds. The summed E-state index contributed by atoms with van der Waals surface area (Å²) in [6, 6.07) is 5.15. The minimum atomic E-state index is -2.02. The number of fused-ring (bicyclic) bond motifs is 1. The molecule has 1 heterocycles. The summed E-state index contributed by atoms with van der Waals surface area (Å²) in [6.45, 7) is 10.9. The van der Waals surface area contributed by atoms with Crippen molar-refractivity contribution in [2.24, 2.45) is 0 Å². The van der Waals surface area contributed by atoms with E-state index in [1.807, 2.05) is 25.6 Å². The highest BCUT2D eigenvalue weighted by Crippen LogP contribution is 2.61. The van der Waals surface area contributed by atoms with Crippen molar-refractivity contribution in [3.8, 4) is 17.2 Å². The zero-order valence-corrected chi connectivity index (χ0v) is 21.0. The van der Waals surface area contributed by atoms with Gasteiger partial charge in [-0.15, -0.1) is 0 Å². The smallest absolute Gasteiger partial charge is 0.412 e. The lowest BCUT2D eigenvalue weighted by atomic mass is 10.3. The molecule has 11 heteroatoms. The van der Waals surface area contributed by atoms with Crippen LogP contribution >= 0.6 is 28.8 Å². The summed E-state index contributed by atoms with van der Waals surface area (Å²) in [7, 11) is 1.49. The first-order chi connectivity index (χ1) is 13.7. The standard InChI is InChI=1S/C11H13NO4.C7H17O2PS3/c1-11(2)15-8-6-4-5-7(9(8)16-11)14-10(13)12-3;1-4-8-10(11,9-5-2)13-7-12-6-3/h4-6H,1-3H3,(H,12,13);4-7H2,1-3H3. The molecule has 0 spiro atoms. The molecular weight excluding hydrogens is 453 g/mol. The van der Waals surface area contributed by atoms with Crippen molar-refractivity contribution in [3.63, 3.8) is 0 Å². The number of amides is 1. The minimum absolute atomic E-state index is 0.349. The number of rotatable bonds is 9. The minimum Gasteiger partial charge on any atom is -0.449 e. The second-order valence-corrected chi connectivity index (χ2v) is 13.8. The molecule has 0 radical (unpaired) electrons. The first-order valence-electron chi connectivity index (χ1n) is 9.22. The van der Waals surface area contributed by atoms with Gasteiger partial charge in [-0.2, -0.15) is 11.8 Å². The summed E-state index contributed by atoms with van der Waals surface area (Å²) >= 11 is 8.82. The summed E-state index contributed by atoms with van der Waals surface area (Å²) in [6.07, 6.45) is -0.540. The van der Waals surface area contributed by atoms with Crippen LogP contribution in [0.15, 0.2) is 18.2 Å². The summed E-state index contributed by atoms with van der Waals surface area (Å²) in [5.74, 6) is 1.76. The number of hydrogen-bond donors (Lipinski definition) is 1. The van der Waals surface area contributed by atoms with Crippen molar-refractivity contribution in [3.05, 3.63) is 18.2 Å². The van der Waals surface area contributed by atoms with Crippen molar-refractivity contribution < 1.29 is 28.1 Å². The van der Waals surface area contributed by atoms with E-state index < -0.39 is 17.6 Å². The van der Waals surface area contributed by atoms with Gasteiger partial charge in [0.2, 0.25) is 17.2 Å². The lowest BCUT2D eigenvalue weighted by molar-refractivity contribution is -0.0438. The Kier molecular flexibility index (Phi) is 11.8. The highest BCUT2D eigenvalue weighted by molar-refractivity contribution is 8.69. The van der Waals surface area contributed by atoms with Gasteiger partial charge in [0.15, 0.2) is 11.5 Å². The number of carbonyl (C=O) groups is 1. The third-order valence-electron chi connectivity index (χ3n) is 3.13. The van der Waals surface area contributed by atoms with E-state index in [2.05, 4.69) is 12.2 Å². The van der Waals surface area contributed by atoms with E-state index in [4.69, 9.17) is 35.1 Å². The topological polar surface area (TPSA) is 75.3 Å². The maximum Gasteiger partial charge on any atom is 0.412 e. The molecule has 0 aliphatic carbocycles. The maximum atomic E-state index is 11.1. The van der Waals surface area contributed by atoms with Crippen molar-refractivity contribution in [2.75, 3.05) is 31.1 Å². The van der Waals surface area contributed by atoms with E-state index in [1.165, 1.54) is 7.05 Å². The van der Waals surface area contributed by atoms with Crippen LogP contribution < -0.4 is 19.5 Å². The van der Waals surface area contributed by atoms with Crippen LogP contribution in [0.1, 0.15) is 34.6 Å². The van der Waals surface area contributed by atoms with E-state index in [9.17, 15) is 4.79 Å². The second kappa shape index (κ2) is 12.9. The molecule has 0 saturated carbocycles. The molecule has 1 aromatic carbocycles. The Morgan fingerprint density at radius 3 is 2.41 bits per heavy atom. The first-order valence-corrected chi connectivity index (χ1v) is 14.6. The van der Waals surface area contributed by atoms with Gasteiger partial charge >= 0.3 is 6.09 Å². The predicted molar refractivity (Wildman–Crippen MR) is 125 cm³/mol. The Hall–Kier alpha value is -0.640. The lowest BCUT2D eigenvalue weighted by Crippen LogP contribution is -2.30. The van der Waals surface area contributed by atoms with E-state index in [0.717, 1.165) is 10.8 Å². The number of hydrogen-bond acceptors (Lipinski definition) is 9. The normalized spacial score (nSPS) is 14.0. The molecule has 0 fully saturated rings. The van der Waals surface area contributed by atoms with Crippen molar-refractivity contribution >= 4 is 46.7 Å². The molecule has 1 aliphatic rings. The van der Waals surface area contributed by atoms with Crippen LogP contribution in [0, 0.1) is 0 Å². The number of para-hydroxylation sites is 1. The van der Waals surface area contributed by atoms with Crippen LogP contribution in [0.4, 0.5) is 4.79 Å². The number of nitrogens with one attached hydrogen (secondary N) is 1. The zero-order chi connectivity index (χ0) is 21.9. The molecule has 1 N–H and O–H groups in total. The summed E-state index contributed by atoms with van der Waals surface area (Å²) < 4.78 is 27.0. The first kappa shape index (κ1) is 26.4. The Balaban J connectivity index is 0.000000298. The Labute approximate surface area is 186 Å². The Bertz CT molecular complexity index is 694. The van der Waals surface area contributed by atoms with Crippen LogP contribution in [-0.4, -0.2) is 43.0 Å². The van der Waals surface area contributed by atoms with E-state index in [1.54, 1.807) is 43.4 Å². The van der Waals surface area contributed by atoms with Crippen molar-refractivity contribution in [1.82, 2.24) is 5.32 Å². The molecule has 0 atom stereocenters. The maximum absolute atomic E-state index is 11.1. The SMILES string of the molecule is CCOP(=S)(OCC)SCSCC.CNC(=O)Oc1cccc2c1OC(C)(C)O2. The van der Waals surface area contributed by atoms with Gasteiger partial charge in [-0.3, -0.25) is 0 Å². The predicted octanol–water partition coefficient (Wildman–Crippen LogP) is 5.64.